The second-order valence-electron chi connectivity index (χ2n) is 6.67. The van der Waals surface area contributed by atoms with E-state index in [1.54, 1.807) is 0 Å². The maximum absolute atomic E-state index is 5.82. The molecule has 1 spiro atoms. The van der Waals surface area contributed by atoms with Crippen LogP contribution in [0.1, 0.15) is 36.0 Å². The molecule has 0 radical (unpaired) electrons. The number of aryl methyl sites for hydroxylation is 3. The fourth-order valence-corrected chi connectivity index (χ4v) is 4.03. The maximum Gasteiger partial charge on any atom is 0.172 e. The van der Waals surface area contributed by atoms with Gasteiger partial charge in [-0.1, -0.05) is 17.7 Å². The van der Waals surface area contributed by atoms with Gasteiger partial charge in [-0.05, 0) is 37.5 Å². The Morgan fingerprint density at radius 3 is 2.59 bits per heavy atom. The molecule has 0 N–H and O–H groups in total. The monoisotopic (exact) mass is 297 g/mol. The highest BCUT2D eigenvalue weighted by Gasteiger charge is 2.38. The SMILES string of the molecule is Cc1cc(C)c2c(c1)c(C1=CCC3(CC1)OCCO3)cn2C. The molecule has 0 unspecified atom stereocenters. The highest BCUT2D eigenvalue weighted by Crippen LogP contribution is 2.40. The van der Waals surface area contributed by atoms with E-state index in [-0.39, 0.29) is 5.79 Å². The fourth-order valence-electron chi connectivity index (χ4n) is 4.03. The molecule has 1 saturated heterocycles. The lowest BCUT2D eigenvalue weighted by atomic mass is 9.89. The van der Waals surface area contributed by atoms with E-state index in [9.17, 15) is 0 Å². The molecule has 3 nitrogen and oxygen atoms in total. The summed E-state index contributed by atoms with van der Waals surface area (Å²) in [5, 5.41) is 1.37. The predicted molar refractivity (Wildman–Crippen MR) is 88.9 cm³/mol. The minimum atomic E-state index is -0.333. The second kappa shape index (κ2) is 4.97. The van der Waals surface area contributed by atoms with Crippen LogP contribution < -0.4 is 0 Å². The summed E-state index contributed by atoms with van der Waals surface area (Å²) in [6, 6.07) is 4.57. The maximum atomic E-state index is 5.82. The van der Waals surface area contributed by atoms with Gasteiger partial charge in [-0.3, -0.25) is 0 Å². The summed E-state index contributed by atoms with van der Waals surface area (Å²) in [5.41, 5.74) is 6.82. The molecule has 1 aliphatic heterocycles. The third-order valence-electron chi connectivity index (χ3n) is 5.00. The van der Waals surface area contributed by atoms with Crippen molar-refractivity contribution in [3.63, 3.8) is 0 Å². The van der Waals surface area contributed by atoms with Crippen molar-refractivity contribution in [3.8, 4) is 0 Å². The number of rotatable bonds is 1. The fraction of sp³-hybridized carbons (Fsp3) is 0.474. The van der Waals surface area contributed by atoms with Crippen molar-refractivity contribution in [2.24, 2.45) is 7.05 Å². The van der Waals surface area contributed by atoms with E-state index in [0.29, 0.717) is 0 Å². The number of benzene rings is 1. The van der Waals surface area contributed by atoms with Crippen LogP contribution in [0.5, 0.6) is 0 Å². The number of aromatic nitrogens is 1. The Morgan fingerprint density at radius 2 is 1.91 bits per heavy atom. The molecule has 2 aliphatic rings. The summed E-state index contributed by atoms with van der Waals surface area (Å²) >= 11 is 0. The first kappa shape index (κ1) is 14.0. The van der Waals surface area contributed by atoms with Crippen LogP contribution >= 0.6 is 0 Å². The van der Waals surface area contributed by atoms with Gasteiger partial charge in [-0.15, -0.1) is 0 Å². The number of hydrogen-bond acceptors (Lipinski definition) is 2. The molecule has 1 aliphatic carbocycles. The number of fused-ring (bicyclic) bond motifs is 1. The van der Waals surface area contributed by atoms with Crippen molar-refractivity contribution in [1.29, 1.82) is 0 Å². The Morgan fingerprint density at radius 1 is 1.14 bits per heavy atom. The summed E-state index contributed by atoms with van der Waals surface area (Å²) in [5.74, 6) is -0.333. The standard InChI is InChI=1S/C19H23NO2/c1-13-10-14(2)18-16(11-13)17(12-20(18)3)15-4-6-19(7-5-15)21-8-9-22-19/h4,10-12H,5-9H2,1-3H3. The molecular weight excluding hydrogens is 274 g/mol. The second-order valence-corrected chi connectivity index (χ2v) is 6.67. The van der Waals surface area contributed by atoms with Crippen LogP contribution in [-0.4, -0.2) is 23.6 Å². The van der Waals surface area contributed by atoms with Crippen LogP contribution in [0.2, 0.25) is 0 Å². The van der Waals surface area contributed by atoms with Crippen molar-refractivity contribution in [3.05, 3.63) is 41.1 Å². The molecule has 1 fully saturated rings. The Labute approximate surface area is 131 Å². The molecule has 22 heavy (non-hydrogen) atoms. The highest BCUT2D eigenvalue weighted by atomic mass is 16.7. The van der Waals surface area contributed by atoms with E-state index in [4.69, 9.17) is 9.47 Å². The predicted octanol–water partition coefficient (Wildman–Crippen LogP) is 4.11. The molecule has 3 heteroatoms. The van der Waals surface area contributed by atoms with Gasteiger partial charge in [0.2, 0.25) is 0 Å². The van der Waals surface area contributed by atoms with E-state index in [1.165, 1.54) is 33.2 Å². The molecule has 0 amide bonds. The van der Waals surface area contributed by atoms with Gasteiger partial charge in [0.15, 0.2) is 5.79 Å². The van der Waals surface area contributed by atoms with E-state index < -0.39 is 0 Å². The first-order valence-corrected chi connectivity index (χ1v) is 8.12. The molecule has 2 aromatic rings. The zero-order chi connectivity index (χ0) is 15.3. The van der Waals surface area contributed by atoms with Crippen LogP contribution in [-0.2, 0) is 16.5 Å². The third kappa shape index (κ3) is 2.11. The molecule has 0 bridgehead atoms. The smallest absolute Gasteiger partial charge is 0.172 e. The van der Waals surface area contributed by atoms with Gasteiger partial charge < -0.3 is 14.0 Å². The van der Waals surface area contributed by atoms with Gasteiger partial charge in [0.05, 0.1) is 18.7 Å². The quantitative estimate of drug-likeness (QED) is 0.791. The number of allylic oxidation sites excluding steroid dienone is 1. The Balaban J connectivity index is 1.77. The highest BCUT2D eigenvalue weighted by molar-refractivity contribution is 5.95. The topological polar surface area (TPSA) is 23.4 Å². The van der Waals surface area contributed by atoms with Gasteiger partial charge in [-0.25, -0.2) is 0 Å². The van der Waals surface area contributed by atoms with Crippen molar-refractivity contribution in [2.45, 2.75) is 38.9 Å². The van der Waals surface area contributed by atoms with Gasteiger partial charge >= 0.3 is 0 Å². The van der Waals surface area contributed by atoms with Crippen molar-refractivity contribution < 1.29 is 9.47 Å². The average Bonchev–Trinajstić information content (AvgIpc) is 3.06. The molecule has 2 heterocycles. The van der Waals surface area contributed by atoms with Crippen LogP contribution in [0.15, 0.2) is 24.4 Å². The lowest BCUT2D eigenvalue weighted by Gasteiger charge is -2.30. The summed E-state index contributed by atoms with van der Waals surface area (Å²) in [6.07, 6.45) is 7.44. The van der Waals surface area contributed by atoms with Gasteiger partial charge in [0.1, 0.15) is 0 Å². The van der Waals surface area contributed by atoms with Crippen LogP contribution in [0.3, 0.4) is 0 Å². The Kier molecular flexibility index (Phi) is 3.17. The lowest BCUT2D eigenvalue weighted by molar-refractivity contribution is -0.159. The zero-order valence-electron chi connectivity index (χ0n) is 13.6. The van der Waals surface area contributed by atoms with E-state index in [2.05, 4.69) is 49.9 Å². The summed E-state index contributed by atoms with van der Waals surface area (Å²) in [7, 11) is 2.14. The molecule has 0 saturated carbocycles. The van der Waals surface area contributed by atoms with E-state index >= 15 is 0 Å². The van der Waals surface area contributed by atoms with Gasteiger partial charge in [0.25, 0.3) is 0 Å². The lowest BCUT2D eigenvalue weighted by Crippen LogP contribution is -2.31. The van der Waals surface area contributed by atoms with Crippen LogP contribution in [0, 0.1) is 13.8 Å². The summed E-state index contributed by atoms with van der Waals surface area (Å²) in [4.78, 5) is 0. The summed E-state index contributed by atoms with van der Waals surface area (Å²) in [6.45, 7) is 5.84. The number of nitrogens with zero attached hydrogens (tertiary/aromatic N) is 1. The number of ether oxygens (including phenoxy) is 2. The third-order valence-corrected chi connectivity index (χ3v) is 5.00. The molecule has 4 rings (SSSR count). The minimum absolute atomic E-state index is 0.333. The normalized spacial score (nSPS) is 20.8. The Hall–Kier alpha value is -1.58. The largest absolute Gasteiger partial charge is 0.350 e. The van der Waals surface area contributed by atoms with Gasteiger partial charge in [-0.2, -0.15) is 0 Å². The molecule has 0 atom stereocenters. The first-order chi connectivity index (χ1) is 10.6. The Bertz CT molecular complexity index is 763. The van der Waals surface area contributed by atoms with E-state index in [0.717, 1.165) is 32.5 Å². The van der Waals surface area contributed by atoms with E-state index in [1.807, 2.05) is 0 Å². The van der Waals surface area contributed by atoms with Crippen LogP contribution in [0.4, 0.5) is 0 Å². The summed E-state index contributed by atoms with van der Waals surface area (Å²) < 4.78 is 13.9. The first-order valence-electron chi connectivity index (χ1n) is 8.12. The average molecular weight is 297 g/mol. The zero-order valence-corrected chi connectivity index (χ0v) is 13.6. The van der Waals surface area contributed by atoms with Gasteiger partial charge in [0, 0.05) is 37.0 Å². The molecule has 116 valence electrons. The van der Waals surface area contributed by atoms with Crippen molar-refractivity contribution in [2.75, 3.05) is 13.2 Å². The number of hydrogen-bond donors (Lipinski definition) is 0. The molecule has 1 aromatic carbocycles. The minimum Gasteiger partial charge on any atom is -0.350 e. The molecule has 1 aromatic heterocycles. The van der Waals surface area contributed by atoms with Crippen molar-refractivity contribution >= 4 is 16.5 Å². The molecular formula is C19H23NO2. The van der Waals surface area contributed by atoms with Crippen molar-refractivity contribution in [1.82, 2.24) is 4.57 Å². The van der Waals surface area contributed by atoms with Crippen LogP contribution in [0.25, 0.3) is 16.5 Å².